The van der Waals surface area contributed by atoms with Crippen LogP contribution in [-0.2, 0) is 16.1 Å². The van der Waals surface area contributed by atoms with Gasteiger partial charge in [-0.2, -0.15) is 0 Å². The van der Waals surface area contributed by atoms with Gasteiger partial charge in [-0.05, 0) is 56.5 Å². The Bertz CT molecular complexity index is 1270. The Morgan fingerprint density at radius 2 is 1.94 bits per heavy atom. The van der Waals surface area contributed by atoms with Gasteiger partial charge < -0.3 is 20.1 Å². The van der Waals surface area contributed by atoms with Crippen LogP contribution in [0, 0.1) is 11.7 Å². The maximum atomic E-state index is 14.5. The van der Waals surface area contributed by atoms with E-state index in [1.807, 2.05) is 38.1 Å². The average Bonchev–Trinajstić information content (AvgIpc) is 2.86. The summed E-state index contributed by atoms with van der Waals surface area (Å²) in [5.74, 6) is -0.622. The van der Waals surface area contributed by atoms with Crippen molar-refractivity contribution in [1.82, 2.24) is 9.55 Å². The molecule has 190 valence electrons. The van der Waals surface area contributed by atoms with Crippen LogP contribution in [0.25, 0.3) is 0 Å². The average molecular weight is 559 g/mol. The minimum atomic E-state index is -0.532. The highest BCUT2D eigenvalue weighted by Gasteiger charge is 2.23. The summed E-state index contributed by atoms with van der Waals surface area (Å²) in [7, 11) is 0. The molecule has 1 amide bonds. The molecule has 0 radical (unpaired) electrons. The maximum Gasteiger partial charge on any atom is 0.279 e. The fourth-order valence-corrected chi connectivity index (χ4v) is 4.11. The number of rotatable bonds is 8. The van der Waals surface area contributed by atoms with Gasteiger partial charge in [-0.3, -0.25) is 14.2 Å². The van der Waals surface area contributed by atoms with E-state index in [0.29, 0.717) is 31.7 Å². The highest BCUT2D eigenvalue weighted by Crippen LogP contribution is 2.25. The van der Waals surface area contributed by atoms with Crippen molar-refractivity contribution >= 4 is 39.2 Å². The molecule has 1 saturated heterocycles. The first-order valence-corrected chi connectivity index (χ1v) is 12.6. The van der Waals surface area contributed by atoms with Gasteiger partial charge in [-0.1, -0.05) is 28.1 Å². The minimum absolute atomic E-state index is 0.0843. The lowest BCUT2D eigenvalue weighted by atomic mass is 9.99. The Kier molecular flexibility index (Phi) is 8.37. The number of benzene rings is 2. The number of nitrogens with one attached hydrogen (secondary N) is 2. The van der Waals surface area contributed by atoms with Gasteiger partial charge in [0.05, 0.1) is 18.8 Å². The summed E-state index contributed by atoms with van der Waals surface area (Å²) in [6, 6.07) is 12.0. The zero-order chi connectivity index (χ0) is 25.7. The summed E-state index contributed by atoms with van der Waals surface area (Å²) in [6.07, 6.45) is 2.37. The van der Waals surface area contributed by atoms with Crippen molar-refractivity contribution < 1.29 is 18.7 Å². The molecule has 1 aromatic heterocycles. The molecule has 36 heavy (non-hydrogen) atoms. The van der Waals surface area contributed by atoms with Gasteiger partial charge in [0, 0.05) is 35.4 Å². The van der Waals surface area contributed by atoms with E-state index in [1.165, 1.54) is 22.9 Å². The number of anilines is 3. The second-order valence-electron chi connectivity index (χ2n) is 8.83. The van der Waals surface area contributed by atoms with Crippen LogP contribution in [0.4, 0.5) is 21.7 Å². The summed E-state index contributed by atoms with van der Waals surface area (Å²) in [5, 5.41) is 5.77. The van der Waals surface area contributed by atoms with E-state index in [2.05, 4.69) is 31.5 Å². The van der Waals surface area contributed by atoms with E-state index in [-0.39, 0.29) is 41.9 Å². The van der Waals surface area contributed by atoms with Gasteiger partial charge in [-0.25, -0.2) is 9.37 Å². The van der Waals surface area contributed by atoms with E-state index in [9.17, 15) is 14.0 Å². The van der Waals surface area contributed by atoms with E-state index in [4.69, 9.17) is 9.47 Å². The van der Waals surface area contributed by atoms with E-state index in [0.717, 1.165) is 10.0 Å². The van der Waals surface area contributed by atoms with Crippen molar-refractivity contribution in [2.45, 2.75) is 39.3 Å². The SMILES string of the molecule is CC(C)Oc1ccc(Nc2ncc(NC(=O)C3CCOCC3)c(=O)n2Cc2ccc(Br)cc2)cc1F. The van der Waals surface area contributed by atoms with E-state index < -0.39 is 11.4 Å². The molecule has 10 heteroatoms. The molecule has 0 aliphatic carbocycles. The van der Waals surface area contributed by atoms with Crippen LogP contribution in [0.3, 0.4) is 0 Å². The first-order valence-electron chi connectivity index (χ1n) is 11.8. The van der Waals surface area contributed by atoms with Crippen molar-refractivity contribution in [1.29, 1.82) is 0 Å². The van der Waals surface area contributed by atoms with Crippen molar-refractivity contribution in [3.8, 4) is 5.75 Å². The molecule has 0 unspecified atom stereocenters. The Hall–Kier alpha value is -3.24. The normalized spacial score (nSPS) is 14.0. The molecular weight excluding hydrogens is 531 g/mol. The summed E-state index contributed by atoms with van der Waals surface area (Å²) in [4.78, 5) is 30.6. The van der Waals surface area contributed by atoms with Gasteiger partial charge in [0.15, 0.2) is 11.6 Å². The highest BCUT2D eigenvalue weighted by molar-refractivity contribution is 9.10. The molecule has 0 saturated carbocycles. The van der Waals surface area contributed by atoms with Crippen LogP contribution < -0.4 is 20.9 Å². The van der Waals surface area contributed by atoms with E-state index in [1.54, 1.807) is 6.07 Å². The van der Waals surface area contributed by atoms with Crippen LogP contribution in [0.5, 0.6) is 5.75 Å². The first kappa shape index (κ1) is 25.8. The minimum Gasteiger partial charge on any atom is -0.488 e. The van der Waals surface area contributed by atoms with E-state index >= 15 is 0 Å². The molecule has 1 aliphatic heterocycles. The Morgan fingerprint density at radius 3 is 2.61 bits per heavy atom. The number of ether oxygens (including phenoxy) is 2. The smallest absolute Gasteiger partial charge is 0.279 e. The predicted octanol–water partition coefficient (Wildman–Crippen LogP) is 5.09. The summed E-state index contributed by atoms with van der Waals surface area (Å²) < 4.78 is 27.7. The van der Waals surface area contributed by atoms with Crippen LogP contribution in [-0.4, -0.2) is 34.8 Å². The molecule has 4 rings (SSSR count). The lowest BCUT2D eigenvalue weighted by molar-refractivity contribution is -0.122. The number of halogens is 2. The number of aromatic nitrogens is 2. The topological polar surface area (TPSA) is 94.5 Å². The van der Waals surface area contributed by atoms with Gasteiger partial charge in [0.1, 0.15) is 5.69 Å². The third-order valence-electron chi connectivity index (χ3n) is 5.70. The number of hydrogen-bond donors (Lipinski definition) is 2. The van der Waals surface area contributed by atoms with Gasteiger partial charge in [0.25, 0.3) is 5.56 Å². The van der Waals surface area contributed by atoms with Crippen molar-refractivity contribution in [2.24, 2.45) is 5.92 Å². The predicted molar refractivity (Wildman–Crippen MR) is 139 cm³/mol. The van der Waals surface area contributed by atoms with Gasteiger partial charge >= 0.3 is 0 Å². The van der Waals surface area contributed by atoms with Crippen LogP contribution in [0.2, 0.25) is 0 Å². The second-order valence-corrected chi connectivity index (χ2v) is 9.74. The molecule has 1 fully saturated rings. The van der Waals surface area contributed by atoms with Crippen LogP contribution in [0.1, 0.15) is 32.3 Å². The summed E-state index contributed by atoms with van der Waals surface area (Å²) >= 11 is 3.41. The van der Waals surface area contributed by atoms with Crippen LogP contribution in [0.15, 0.2) is 57.9 Å². The Morgan fingerprint density at radius 1 is 1.22 bits per heavy atom. The number of amides is 1. The van der Waals surface area contributed by atoms with Gasteiger partial charge in [-0.15, -0.1) is 0 Å². The lowest BCUT2D eigenvalue weighted by Crippen LogP contribution is -2.33. The van der Waals surface area contributed by atoms with Gasteiger partial charge in [0.2, 0.25) is 11.9 Å². The molecular formula is C26H28BrFN4O4. The molecule has 2 heterocycles. The highest BCUT2D eigenvalue weighted by atomic mass is 79.9. The van der Waals surface area contributed by atoms with Crippen molar-refractivity contribution in [3.05, 3.63) is 74.9 Å². The zero-order valence-corrected chi connectivity index (χ0v) is 21.7. The Balaban J connectivity index is 1.64. The molecule has 2 N–H and O–H groups in total. The summed E-state index contributed by atoms with van der Waals surface area (Å²) in [6.45, 7) is 4.87. The second kappa shape index (κ2) is 11.7. The van der Waals surface area contributed by atoms with Crippen molar-refractivity contribution in [2.75, 3.05) is 23.8 Å². The molecule has 2 aromatic carbocycles. The Labute approximate surface area is 217 Å². The lowest BCUT2D eigenvalue weighted by Gasteiger charge is -2.21. The number of carbonyl (C=O) groups excluding carboxylic acids is 1. The molecule has 0 atom stereocenters. The van der Waals surface area contributed by atoms with Crippen LogP contribution >= 0.6 is 15.9 Å². The third kappa shape index (κ3) is 6.50. The number of hydrogen-bond acceptors (Lipinski definition) is 6. The molecule has 1 aliphatic rings. The quantitative estimate of drug-likeness (QED) is 0.400. The standard InChI is InChI=1S/C26H28BrFN4O4/c1-16(2)36-23-8-7-20(13-21(23)28)30-26-29-14-22(31-24(33)18-9-11-35-12-10-18)25(34)32(26)15-17-3-5-19(27)6-4-17/h3-8,13-14,16,18H,9-12,15H2,1-2H3,(H,29,30)(H,31,33). The number of nitrogens with zero attached hydrogens (tertiary/aromatic N) is 2. The molecule has 0 bridgehead atoms. The fourth-order valence-electron chi connectivity index (χ4n) is 3.85. The number of carbonyl (C=O) groups is 1. The molecule has 3 aromatic rings. The largest absolute Gasteiger partial charge is 0.488 e. The summed E-state index contributed by atoms with van der Waals surface area (Å²) in [5.41, 5.74) is 0.918. The third-order valence-corrected chi connectivity index (χ3v) is 6.23. The molecule has 8 nitrogen and oxygen atoms in total. The fraction of sp³-hybridized carbons (Fsp3) is 0.346. The maximum absolute atomic E-state index is 14.5. The first-order chi connectivity index (χ1) is 17.3. The van der Waals surface area contributed by atoms with Crippen molar-refractivity contribution in [3.63, 3.8) is 0 Å². The zero-order valence-electron chi connectivity index (χ0n) is 20.1. The molecule has 0 spiro atoms. The monoisotopic (exact) mass is 558 g/mol.